The Morgan fingerprint density at radius 2 is 2.09 bits per heavy atom. The number of thiophene rings is 1. The molecule has 2 aromatic carbocycles. The summed E-state index contributed by atoms with van der Waals surface area (Å²) in [4.78, 5) is 34.6. The van der Waals surface area contributed by atoms with Crippen LogP contribution >= 0.6 is 11.3 Å². The van der Waals surface area contributed by atoms with Crippen LogP contribution in [0.3, 0.4) is 0 Å². The maximum atomic E-state index is 13.1. The van der Waals surface area contributed by atoms with Gasteiger partial charge in [0.1, 0.15) is 12.1 Å². The summed E-state index contributed by atoms with van der Waals surface area (Å²) < 4.78 is 7.13. The summed E-state index contributed by atoms with van der Waals surface area (Å²) in [5.41, 5.74) is 9.24. The molecule has 0 fully saturated rings. The Morgan fingerprint density at radius 1 is 1.21 bits per heavy atom. The number of carbonyl (C=O) groups is 1. The molecule has 9 heteroatoms. The van der Waals surface area contributed by atoms with Crippen molar-refractivity contribution in [1.82, 2.24) is 14.5 Å². The zero-order valence-electron chi connectivity index (χ0n) is 17.6. The summed E-state index contributed by atoms with van der Waals surface area (Å²) in [6, 6.07) is 13.9. The van der Waals surface area contributed by atoms with E-state index in [0.717, 1.165) is 5.56 Å². The molecule has 3 heterocycles. The van der Waals surface area contributed by atoms with Crippen LogP contribution in [-0.2, 0) is 11.2 Å². The topological polar surface area (TPSA) is 116 Å². The highest BCUT2D eigenvalue weighted by Gasteiger charge is 2.16. The second-order valence-electron chi connectivity index (χ2n) is 7.51. The molecule has 0 saturated carbocycles. The fourth-order valence-corrected chi connectivity index (χ4v) is 4.15. The molecule has 1 amide bonds. The fraction of sp³-hybridized carbons (Fsp3) is 0.0833. The smallest absolute Gasteiger partial charge is 0.265 e. The Balaban J connectivity index is 1.39. The number of oxazole rings is 1. The largest absolute Gasteiger partial charge is 0.441 e. The van der Waals surface area contributed by atoms with Gasteiger partial charge >= 0.3 is 0 Å². The molecular weight excluding hydrogens is 438 g/mol. The molecule has 0 aliphatic carbocycles. The molecule has 8 nitrogen and oxygen atoms in total. The van der Waals surface area contributed by atoms with Gasteiger partial charge in [0.2, 0.25) is 11.8 Å². The van der Waals surface area contributed by atoms with Crippen molar-refractivity contribution >= 4 is 39.5 Å². The summed E-state index contributed by atoms with van der Waals surface area (Å²) in [7, 11) is 0. The summed E-state index contributed by atoms with van der Waals surface area (Å²) in [5, 5.41) is 7.10. The highest BCUT2D eigenvalue weighted by Crippen LogP contribution is 2.24. The SMILES string of the molecule is Cc1oc(-c2ccsc2)nc1CC(=O)Nc1ccc2ncn(-c3cccc(N)c3)c(=O)c2c1. The van der Waals surface area contributed by atoms with Gasteiger partial charge in [-0.15, -0.1) is 0 Å². The van der Waals surface area contributed by atoms with Gasteiger partial charge in [0.05, 0.1) is 28.7 Å². The number of nitrogen functional groups attached to an aromatic ring is 1. The first-order chi connectivity index (χ1) is 16.0. The number of fused-ring (bicyclic) bond motifs is 1. The van der Waals surface area contributed by atoms with Crippen LogP contribution in [0.1, 0.15) is 11.5 Å². The minimum Gasteiger partial charge on any atom is -0.441 e. The van der Waals surface area contributed by atoms with E-state index in [9.17, 15) is 9.59 Å². The van der Waals surface area contributed by atoms with Gasteiger partial charge in [0.15, 0.2) is 0 Å². The first-order valence-corrected chi connectivity index (χ1v) is 11.1. The number of hydrogen-bond acceptors (Lipinski definition) is 7. The number of nitrogens with one attached hydrogen (secondary N) is 1. The molecule has 0 radical (unpaired) electrons. The number of nitrogens with two attached hydrogens (primary N) is 1. The molecule has 3 aromatic heterocycles. The van der Waals surface area contributed by atoms with Crippen molar-refractivity contribution in [2.75, 3.05) is 11.1 Å². The second kappa shape index (κ2) is 8.36. The van der Waals surface area contributed by atoms with Crippen LogP contribution in [0.5, 0.6) is 0 Å². The first kappa shape index (κ1) is 20.7. The molecule has 33 heavy (non-hydrogen) atoms. The molecule has 0 saturated heterocycles. The van der Waals surface area contributed by atoms with Gasteiger partial charge in [-0.25, -0.2) is 9.97 Å². The van der Waals surface area contributed by atoms with Crippen LogP contribution < -0.4 is 16.6 Å². The van der Waals surface area contributed by atoms with Gasteiger partial charge in [0.25, 0.3) is 5.56 Å². The Bertz CT molecular complexity index is 1540. The number of aromatic nitrogens is 3. The second-order valence-corrected chi connectivity index (χ2v) is 8.29. The van der Waals surface area contributed by atoms with E-state index < -0.39 is 0 Å². The number of aryl methyl sites for hydroxylation is 1. The zero-order chi connectivity index (χ0) is 22.9. The van der Waals surface area contributed by atoms with Crippen LogP contribution in [0, 0.1) is 6.92 Å². The van der Waals surface area contributed by atoms with E-state index in [2.05, 4.69) is 15.3 Å². The molecule has 5 aromatic rings. The Morgan fingerprint density at radius 3 is 2.88 bits per heavy atom. The maximum Gasteiger partial charge on any atom is 0.265 e. The molecule has 0 spiro atoms. The lowest BCUT2D eigenvalue weighted by Gasteiger charge is -2.09. The number of benzene rings is 2. The summed E-state index contributed by atoms with van der Waals surface area (Å²) in [5.74, 6) is 0.831. The predicted octanol–water partition coefficient (Wildman–Crippen LogP) is 4.17. The first-order valence-electron chi connectivity index (χ1n) is 10.1. The van der Waals surface area contributed by atoms with Gasteiger partial charge in [-0.1, -0.05) is 6.07 Å². The normalized spacial score (nSPS) is 11.1. The highest BCUT2D eigenvalue weighted by molar-refractivity contribution is 7.08. The van der Waals surface area contributed by atoms with E-state index in [1.165, 1.54) is 10.9 Å². The third-order valence-electron chi connectivity index (χ3n) is 5.18. The number of amides is 1. The summed E-state index contributed by atoms with van der Waals surface area (Å²) in [6.07, 6.45) is 1.52. The van der Waals surface area contributed by atoms with E-state index in [1.54, 1.807) is 60.7 Å². The van der Waals surface area contributed by atoms with E-state index in [0.29, 0.717) is 45.3 Å². The van der Waals surface area contributed by atoms with Crippen molar-refractivity contribution in [2.24, 2.45) is 0 Å². The van der Waals surface area contributed by atoms with Crippen molar-refractivity contribution in [3.63, 3.8) is 0 Å². The minimum atomic E-state index is -0.261. The number of hydrogen-bond donors (Lipinski definition) is 2. The van der Waals surface area contributed by atoms with Crippen LogP contribution in [-0.4, -0.2) is 20.4 Å². The molecule has 5 rings (SSSR count). The van der Waals surface area contributed by atoms with Crippen LogP contribution in [0.15, 0.2) is 74.8 Å². The molecule has 0 atom stereocenters. The van der Waals surface area contributed by atoms with Crippen molar-refractivity contribution in [1.29, 1.82) is 0 Å². The lowest BCUT2D eigenvalue weighted by Crippen LogP contribution is -2.20. The minimum absolute atomic E-state index is 0.0536. The van der Waals surface area contributed by atoms with E-state index in [-0.39, 0.29) is 17.9 Å². The quantitative estimate of drug-likeness (QED) is 0.383. The number of anilines is 2. The van der Waals surface area contributed by atoms with Gasteiger partial charge in [-0.2, -0.15) is 11.3 Å². The Kier molecular flexibility index (Phi) is 5.23. The summed E-state index contributed by atoms with van der Waals surface area (Å²) in [6.45, 7) is 1.78. The van der Waals surface area contributed by atoms with Gasteiger partial charge in [-0.05, 0) is 54.8 Å². The third-order valence-corrected chi connectivity index (χ3v) is 5.86. The fourth-order valence-electron chi connectivity index (χ4n) is 3.52. The standard InChI is InChI=1S/C24H19N5O3S/c1-14-21(28-23(32-14)15-7-8-33-12-15)11-22(30)27-17-5-6-20-19(10-17)24(31)29(13-26-20)18-4-2-3-16(25)9-18/h2-10,12-13H,11,25H2,1H3,(H,27,30). The molecule has 0 unspecified atom stereocenters. The van der Waals surface area contributed by atoms with Crippen LogP contribution in [0.2, 0.25) is 0 Å². The maximum absolute atomic E-state index is 13.1. The summed E-state index contributed by atoms with van der Waals surface area (Å²) >= 11 is 1.55. The molecule has 0 bridgehead atoms. The third kappa shape index (κ3) is 4.13. The van der Waals surface area contributed by atoms with Gasteiger partial charge in [-0.3, -0.25) is 14.2 Å². The number of nitrogens with zero attached hydrogens (tertiary/aromatic N) is 3. The van der Waals surface area contributed by atoms with Crippen LogP contribution in [0.4, 0.5) is 11.4 Å². The highest BCUT2D eigenvalue weighted by atomic mass is 32.1. The van der Waals surface area contributed by atoms with Crippen molar-refractivity contribution in [3.05, 3.63) is 87.4 Å². The average molecular weight is 458 g/mol. The lowest BCUT2D eigenvalue weighted by molar-refractivity contribution is -0.115. The average Bonchev–Trinajstić information content (AvgIpc) is 3.45. The molecule has 0 aliphatic rings. The molecule has 0 aliphatic heterocycles. The van der Waals surface area contributed by atoms with E-state index in [1.807, 2.05) is 16.8 Å². The van der Waals surface area contributed by atoms with E-state index >= 15 is 0 Å². The molecule has 3 N–H and O–H groups in total. The molecule has 164 valence electrons. The van der Waals surface area contributed by atoms with Gasteiger partial charge in [0, 0.05) is 22.3 Å². The predicted molar refractivity (Wildman–Crippen MR) is 129 cm³/mol. The Hall–Kier alpha value is -4.24. The number of carbonyl (C=O) groups excluding carboxylic acids is 1. The lowest BCUT2D eigenvalue weighted by atomic mass is 10.2. The van der Waals surface area contributed by atoms with Crippen LogP contribution in [0.25, 0.3) is 28.0 Å². The monoisotopic (exact) mass is 457 g/mol. The number of rotatable bonds is 5. The van der Waals surface area contributed by atoms with Crippen molar-refractivity contribution < 1.29 is 9.21 Å². The molecular formula is C24H19N5O3S. The Labute approximate surface area is 192 Å². The van der Waals surface area contributed by atoms with Gasteiger partial charge < -0.3 is 15.5 Å². The van der Waals surface area contributed by atoms with Crippen molar-refractivity contribution in [3.8, 4) is 17.1 Å². The van der Waals surface area contributed by atoms with Crippen molar-refractivity contribution in [2.45, 2.75) is 13.3 Å². The van der Waals surface area contributed by atoms with E-state index in [4.69, 9.17) is 10.2 Å². The zero-order valence-corrected chi connectivity index (χ0v) is 18.4.